The maximum Gasteiger partial charge on any atom is 0.185 e. The molecule has 0 atom stereocenters. The lowest BCUT2D eigenvalue weighted by molar-refractivity contribution is 0.0806. The molecule has 7 nitrogen and oxygen atoms in total. The first-order valence-corrected chi connectivity index (χ1v) is 9.44. The highest BCUT2D eigenvalue weighted by Crippen LogP contribution is 2.25. The summed E-state index contributed by atoms with van der Waals surface area (Å²) >= 11 is 0. The molecule has 0 radical (unpaired) electrons. The number of aromatic nitrogens is 5. The van der Waals surface area contributed by atoms with E-state index in [1.54, 1.807) is 18.6 Å². The van der Waals surface area contributed by atoms with Crippen molar-refractivity contribution in [2.75, 3.05) is 13.1 Å². The van der Waals surface area contributed by atoms with E-state index in [9.17, 15) is 4.79 Å². The van der Waals surface area contributed by atoms with Crippen LogP contribution in [0, 0.1) is 12.8 Å². The van der Waals surface area contributed by atoms with Gasteiger partial charge in [0.25, 0.3) is 0 Å². The van der Waals surface area contributed by atoms with E-state index in [0.29, 0.717) is 23.1 Å². The first-order valence-electron chi connectivity index (χ1n) is 9.44. The molecule has 3 aromatic rings. The summed E-state index contributed by atoms with van der Waals surface area (Å²) in [5.41, 5.74) is 3.57. The summed E-state index contributed by atoms with van der Waals surface area (Å²) in [5.74, 6) is 0.127. The predicted octanol–water partition coefficient (Wildman–Crippen LogP) is 3.03. The van der Waals surface area contributed by atoms with Gasteiger partial charge in [0.15, 0.2) is 11.4 Å². The summed E-state index contributed by atoms with van der Waals surface area (Å²) in [4.78, 5) is 28.6. The molecular formula is C20H24N6O. The number of carbonyl (C=O) groups is 1. The van der Waals surface area contributed by atoms with E-state index < -0.39 is 0 Å². The minimum atomic E-state index is 0.0290. The number of H-pyrrole nitrogens is 1. The maximum absolute atomic E-state index is 12.9. The molecule has 3 aromatic heterocycles. The van der Waals surface area contributed by atoms with Crippen LogP contribution in [0.1, 0.15) is 42.9 Å². The van der Waals surface area contributed by atoms with E-state index in [1.165, 1.54) is 0 Å². The molecular weight excluding hydrogens is 340 g/mol. The molecule has 0 aliphatic carbocycles. The number of nitrogens with one attached hydrogen (secondary N) is 1. The fourth-order valence-corrected chi connectivity index (χ4v) is 3.67. The predicted molar refractivity (Wildman–Crippen MR) is 103 cm³/mol. The summed E-state index contributed by atoms with van der Waals surface area (Å²) in [6.45, 7) is 8.27. The number of hydrogen-bond donors (Lipinski definition) is 1. The quantitative estimate of drug-likeness (QED) is 0.716. The Morgan fingerprint density at radius 3 is 2.74 bits per heavy atom. The van der Waals surface area contributed by atoms with Gasteiger partial charge in [0, 0.05) is 34.8 Å². The van der Waals surface area contributed by atoms with E-state index in [2.05, 4.69) is 43.9 Å². The van der Waals surface area contributed by atoms with E-state index in [1.807, 2.05) is 13.0 Å². The number of nitrogens with zero attached hydrogens (tertiary/aromatic N) is 5. The molecule has 0 bridgehead atoms. The SMILES string of the molecule is Cc1[nH]nc2ncc(-c3cncc(C(=O)C4CCN(C(C)C)CC4)n3)cc12. The molecule has 0 saturated carbocycles. The molecule has 0 unspecified atom stereocenters. The number of rotatable bonds is 4. The number of likely N-dealkylation sites (tertiary alicyclic amines) is 1. The van der Waals surface area contributed by atoms with Crippen molar-refractivity contribution in [2.24, 2.45) is 5.92 Å². The number of carbonyl (C=O) groups excluding carboxylic acids is 1. The van der Waals surface area contributed by atoms with E-state index in [0.717, 1.165) is 42.6 Å². The molecule has 140 valence electrons. The molecule has 1 aliphatic rings. The zero-order valence-electron chi connectivity index (χ0n) is 15.9. The maximum atomic E-state index is 12.9. The molecule has 1 fully saturated rings. The van der Waals surface area contributed by atoms with Gasteiger partial charge in [-0.1, -0.05) is 0 Å². The highest BCUT2D eigenvalue weighted by molar-refractivity contribution is 5.96. The Labute approximate surface area is 158 Å². The van der Waals surface area contributed by atoms with Gasteiger partial charge < -0.3 is 4.90 Å². The van der Waals surface area contributed by atoms with Gasteiger partial charge in [-0.3, -0.25) is 14.9 Å². The highest BCUT2D eigenvalue weighted by Gasteiger charge is 2.27. The highest BCUT2D eigenvalue weighted by atomic mass is 16.1. The van der Waals surface area contributed by atoms with Gasteiger partial charge in [0.2, 0.25) is 0 Å². The molecule has 0 spiro atoms. The number of hydrogen-bond acceptors (Lipinski definition) is 6. The molecule has 0 aromatic carbocycles. The second-order valence-electron chi connectivity index (χ2n) is 7.50. The van der Waals surface area contributed by atoms with Crippen molar-refractivity contribution < 1.29 is 4.79 Å². The lowest BCUT2D eigenvalue weighted by Crippen LogP contribution is -2.40. The summed E-state index contributed by atoms with van der Waals surface area (Å²) in [6, 6.07) is 2.51. The van der Waals surface area contributed by atoms with Crippen LogP contribution in [-0.4, -0.2) is 55.0 Å². The average Bonchev–Trinajstić information content (AvgIpc) is 3.08. The van der Waals surface area contributed by atoms with Crippen LogP contribution < -0.4 is 0 Å². The largest absolute Gasteiger partial charge is 0.301 e. The summed E-state index contributed by atoms with van der Waals surface area (Å²) < 4.78 is 0. The van der Waals surface area contributed by atoms with Gasteiger partial charge in [0.05, 0.1) is 18.1 Å². The second kappa shape index (κ2) is 7.15. The number of piperidine rings is 1. The topological polar surface area (TPSA) is 87.7 Å². The van der Waals surface area contributed by atoms with Crippen molar-refractivity contribution in [3.8, 4) is 11.3 Å². The third kappa shape index (κ3) is 3.47. The number of aromatic amines is 1. The van der Waals surface area contributed by atoms with Crippen molar-refractivity contribution in [3.63, 3.8) is 0 Å². The molecule has 4 rings (SSSR count). The van der Waals surface area contributed by atoms with Crippen LogP contribution in [0.4, 0.5) is 0 Å². The fourth-order valence-electron chi connectivity index (χ4n) is 3.67. The van der Waals surface area contributed by atoms with Crippen LogP contribution in [0.15, 0.2) is 24.7 Å². The molecule has 0 amide bonds. The molecule has 27 heavy (non-hydrogen) atoms. The van der Waals surface area contributed by atoms with Crippen LogP contribution in [0.5, 0.6) is 0 Å². The van der Waals surface area contributed by atoms with Crippen LogP contribution in [0.3, 0.4) is 0 Å². The van der Waals surface area contributed by atoms with Crippen LogP contribution >= 0.6 is 0 Å². The molecule has 4 heterocycles. The van der Waals surface area contributed by atoms with Gasteiger partial charge in [0.1, 0.15) is 5.69 Å². The minimum absolute atomic E-state index is 0.0290. The summed E-state index contributed by atoms with van der Waals surface area (Å²) in [7, 11) is 0. The first-order chi connectivity index (χ1) is 13.0. The normalized spacial score (nSPS) is 16.3. The Bertz CT molecular complexity index is 972. The Morgan fingerprint density at radius 2 is 2.00 bits per heavy atom. The summed E-state index contributed by atoms with van der Waals surface area (Å²) in [6.07, 6.45) is 6.74. The van der Waals surface area contributed by atoms with Crippen molar-refractivity contribution >= 4 is 16.8 Å². The molecule has 1 aliphatic heterocycles. The van der Waals surface area contributed by atoms with Gasteiger partial charge in [-0.2, -0.15) is 5.10 Å². The number of aryl methyl sites for hydroxylation is 1. The van der Waals surface area contributed by atoms with Gasteiger partial charge >= 0.3 is 0 Å². The molecule has 1 N–H and O–H groups in total. The zero-order chi connectivity index (χ0) is 19.0. The average molecular weight is 364 g/mol. The first kappa shape index (κ1) is 17.7. The van der Waals surface area contributed by atoms with Crippen molar-refractivity contribution in [1.82, 2.24) is 30.0 Å². The third-order valence-corrected chi connectivity index (χ3v) is 5.41. The van der Waals surface area contributed by atoms with Crippen molar-refractivity contribution in [1.29, 1.82) is 0 Å². The van der Waals surface area contributed by atoms with Gasteiger partial charge in [-0.05, 0) is 52.8 Å². The lowest BCUT2D eigenvalue weighted by Gasteiger charge is -2.33. The van der Waals surface area contributed by atoms with Crippen molar-refractivity contribution in [2.45, 2.75) is 39.7 Å². The van der Waals surface area contributed by atoms with Crippen LogP contribution in [-0.2, 0) is 0 Å². The van der Waals surface area contributed by atoms with Crippen molar-refractivity contribution in [3.05, 3.63) is 36.0 Å². The van der Waals surface area contributed by atoms with E-state index in [4.69, 9.17) is 0 Å². The van der Waals surface area contributed by atoms with E-state index >= 15 is 0 Å². The van der Waals surface area contributed by atoms with Crippen LogP contribution in [0.2, 0.25) is 0 Å². The fraction of sp³-hybridized carbons (Fsp3) is 0.450. The van der Waals surface area contributed by atoms with E-state index in [-0.39, 0.29) is 11.7 Å². The third-order valence-electron chi connectivity index (χ3n) is 5.41. The number of Topliss-reactive ketones (excluding diaryl/α,β-unsaturated/α-hetero) is 1. The van der Waals surface area contributed by atoms with Gasteiger partial charge in [-0.25, -0.2) is 9.97 Å². The van der Waals surface area contributed by atoms with Gasteiger partial charge in [-0.15, -0.1) is 0 Å². The number of ketones is 1. The number of pyridine rings is 1. The number of fused-ring (bicyclic) bond motifs is 1. The Kier molecular flexibility index (Phi) is 4.70. The Hall–Kier alpha value is -2.67. The Morgan fingerprint density at radius 1 is 1.22 bits per heavy atom. The Balaban J connectivity index is 1.56. The molecule has 1 saturated heterocycles. The van der Waals surface area contributed by atoms with Crippen LogP contribution in [0.25, 0.3) is 22.3 Å². The minimum Gasteiger partial charge on any atom is -0.301 e. The zero-order valence-corrected chi connectivity index (χ0v) is 15.9. The smallest absolute Gasteiger partial charge is 0.185 e. The lowest BCUT2D eigenvalue weighted by atomic mass is 9.90. The second-order valence-corrected chi connectivity index (χ2v) is 7.50. The molecule has 7 heteroatoms. The standard InChI is InChI=1S/C20H24N6O/c1-12(2)26-6-4-14(5-7-26)19(27)18-11-21-10-17(23-18)15-8-16-13(3)24-25-20(16)22-9-15/h8-12,14H,4-7H2,1-3H3,(H,22,24,25). The summed E-state index contributed by atoms with van der Waals surface area (Å²) in [5, 5.41) is 8.03. The monoisotopic (exact) mass is 364 g/mol.